The number of rotatable bonds is 3. The van der Waals surface area contributed by atoms with Gasteiger partial charge in [-0.2, -0.15) is 5.26 Å². The molecule has 0 unspecified atom stereocenters. The van der Waals surface area contributed by atoms with Gasteiger partial charge in [0.1, 0.15) is 0 Å². The first kappa shape index (κ1) is 13.4. The Kier molecular flexibility index (Phi) is 3.86. The van der Waals surface area contributed by atoms with Gasteiger partial charge in [-0.3, -0.25) is 0 Å². The molecule has 0 aromatic heterocycles. The largest absolute Gasteiger partial charge is 0.198 e. The molecule has 0 amide bonds. The van der Waals surface area contributed by atoms with Gasteiger partial charge < -0.3 is 0 Å². The van der Waals surface area contributed by atoms with Crippen molar-refractivity contribution < 1.29 is 0 Å². The molecule has 3 rings (SSSR count). The number of hydrogen-bond acceptors (Lipinski definition) is 3. The molecule has 1 aliphatic rings. The molecule has 0 N–H and O–H groups in total. The quantitative estimate of drug-likeness (QED) is 0.545. The van der Waals surface area contributed by atoms with Gasteiger partial charge in [-0.25, -0.2) is 0 Å². The molecular formula is C17H13NS2. The normalized spacial score (nSPS) is 11.7. The number of nitriles is 1. The highest BCUT2D eigenvalue weighted by Gasteiger charge is 2.24. The van der Waals surface area contributed by atoms with Crippen LogP contribution in [0.15, 0.2) is 52.8 Å². The van der Waals surface area contributed by atoms with E-state index in [2.05, 4.69) is 67.2 Å². The van der Waals surface area contributed by atoms with Crippen LogP contribution < -0.4 is 0 Å². The van der Waals surface area contributed by atoms with E-state index in [1.807, 2.05) is 0 Å². The number of fused-ring (bicyclic) bond motifs is 3. The van der Waals surface area contributed by atoms with Crippen molar-refractivity contribution in [3.05, 3.63) is 63.9 Å². The summed E-state index contributed by atoms with van der Waals surface area (Å²) in [6.45, 7) is 0. The average molecular weight is 295 g/mol. The molecule has 98 valence electrons. The third kappa shape index (κ3) is 2.26. The Morgan fingerprint density at radius 1 is 0.950 bits per heavy atom. The SMILES string of the molecule is N#CCCSC(S)=C1c2ccccc2-c2ccccc21. The van der Waals surface area contributed by atoms with E-state index in [1.165, 1.54) is 27.8 Å². The fourth-order valence-electron chi connectivity index (χ4n) is 2.51. The van der Waals surface area contributed by atoms with Gasteiger partial charge in [0.25, 0.3) is 0 Å². The summed E-state index contributed by atoms with van der Waals surface area (Å²) in [5, 5.41) is 8.66. The second-order valence-electron chi connectivity index (χ2n) is 4.53. The highest BCUT2D eigenvalue weighted by molar-refractivity contribution is 8.15. The van der Waals surface area contributed by atoms with Gasteiger partial charge in [0.15, 0.2) is 0 Å². The minimum atomic E-state index is 0.547. The average Bonchev–Trinajstić information content (AvgIpc) is 2.82. The molecule has 1 aliphatic carbocycles. The predicted octanol–water partition coefficient (Wildman–Crippen LogP) is 4.96. The topological polar surface area (TPSA) is 23.8 Å². The van der Waals surface area contributed by atoms with Gasteiger partial charge in [-0.1, -0.05) is 48.5 Å². The molecule has 3 heteroatoms. The molecule has 0 fully saturated rings. The van der Waals surface area contributed by atoms with E-state index in [-0.39, 0.29) is 0 Å². The van der Waals surface area contributed by atoms with E-state index in [0.29, 0.717) is 6.42 Å². The standard InChI is InChI=1S/C17H13NS2/c18-10-5-11-20-17(19)16-14-8-3-1-6-12(14)13-7-2-4-9-15(13)16/h1-4,6-9,19H,5,11H2. The number of thioether (sulfide) groups is 1. The maximum absolute atomic E-state index is 8.66. The molecule has 0 bridgehead atoms. The Bertz CT molecular complexity index is 678. The fourth-order valence-corrected chi connectivity index (χ4v) is 3.78. The molecule has 0 saturated heterocycles. The van der Waals surface area contributed by atoms with Crippen molar-refractivity contribution >= 4 is 30.0 Å². The Hall–Kier alpha value is -1.63. The van der Waals surface area contributed by atoms with Crippen LogP contribution in [0.1, 0.15) is 17.5 Å². The summed E-state index contributed by atoms with van der Waals surface area (Å²) in [5.41, 5.74) is 6.21. The van der Waals surface area contributed by atoms with E-state index in [9.17, 15) is 0 Å². The van der Waals surface area contributed by atoms with Gasteiger partial charge >= 0.3 is 0 Å². The van der Waals surface area contributed by atoms with Crippen molar-refractivity contribution in [1.29, 1.82) is 5.26 Å². The Balaban J connectivity index is 2.12. The predicted molar refractivity (Wildman–Crippen MR) is 89.6 cm³/mol. The lowest BCUT2D eigenvalue weighted by molar-refractivity contribution is 1.24. The summed E-state index contributed by atoms with van der Waals surface area (Å²) >= 11 is 6.33. The van der Waals surface area contributed by atoms with E-state index in [1.54, 1.807) is 11.8 Å². The van der Waals surface area contributed by atoms with Gasteiger partial charge in [0, 0.05) is 22.0 Å². The lowest BCUT2D eigenvalue weighted by Gasteiger charge is -2.07. The number of thiol groups is 1. The Morgan fingerprint density at radius 2 is 1.45 bits per heavy atom. The molecule has 0 spiro atoms. The third-order valence-corrected chi connectivity index (χ3v) is 4.85. The zero-order valence-electron chi connectivity index (χ0n) is 10.8. The Morgan fingerprint density at radius 3 is 1.95 bits per heavy atom. The molecule has 1 nitrogen and oxygen atoms in total. The molecule has 20 heavy (non-hydrogen) atoms. The first-order valence-electron chi connectivity index (χ1n) is 6.45. The summed E-state index contributed by atoms with van der Waals surface area (Å²) in [5.74, 6) is 0.781. The van der Waals surface area contributed by atoms with Crippen molar-refractivity contribution in [3.63, 3.8) is 0 Å². The second-order valence-corrected chi connectivity index (χ2v) is 6.38. The molecule has 2 aromatic rings. The molecular weight excluding hydrogens is 282 g/mol. The first-order chi connectivity index (χ1) is 9.83. The number of nitrogens with zero attached hydrogens (tertiary/aromatic N) is 1. The molecule has 0 radical (unpaired) electrons. The third-order valence-electron chi connectivity index (χ3n) is 3.35. The van der Waals surface area contributed by atoms with E-state index >= 15 is 0 Å². The van der Waals surface area contributed by atoms with Crippen molar-refractivity contribution in [2.45, 2.75) is 6.42 Å². The van der Waals surface area contributed by atoms with Crippen LogP contribution in [0.4, 0.5) is 0 Å². The fraction of sp³-hybridized carbons (Fsp3) is 0.118. The summed E-state index contributed by atoms with van der Waals surface area (Å²) in [6.07, 6.45) is 0.547. The van der Waals surface area contributed by atoms with Gasteiger partial charge in [0.05, 0.1) is 6.07 Å². The van der Waals surface area contributed by atoms with Gasteiger partial charge in [0.2, 0.25) is 0 Å². The van der Waals surface area contributed by atoms with E-state index < -0.39 is 0 Å². The minimum Gasteiger partial charge on any atom is -0.198 e. The van der Waals surface area contributed by atoms with Crippen LogP contribution in [0.3, 0.4) is 0 Å². The van der Waals surface area contributed by atoms with Crippen LogP contribution in [0.25, 0.3) is 16.7 Å². The van der Waals surface area contributed by atoms with Crippen molar-refractivity contribution in [3.8, 4) is 17.2 Å². The zero-order chi connectivity index (χ0) is 13.9. The summed E-state index contributed by atoms with van der Waals surface area (Å²) in [4.78, 5) is 0. The molecule has 0 heterocycles. The van der Waals surface area contributed by atoms with E-state index in [4.69, 9.17) is 5.26 Å². The zero-order valence-corrected chi connectivity index (χ0v) is 12.5. The van der Waals surface area contributed by atoms with Crippen LogP contribution in [-0.4, -0.2) is 5.75 Å². The van der Waals surface area contributed by atoms with Crippen LogP contribution in [0.5, 0.6) is 0 Å². The Labute approximate surface area is 128 Å². The highest BCUT2D eigenvalue weighted by Crippen LogP contribution is 2.47. The summed E-state index contributed by atoms with van der Waals surface area (Å²) in [6, 6.07) is 19.0. The minimum absolute atomic E-state index is 0.547. The smallest absolute Gasteiger partial charge is 0.0630 e. The second kappa shape index (κ2) is 5.78. The lowest BCUT2D eigenvalue weighted by atomic mass is 10.1. The molecule has 2 aromatic carbocycles. The summed E-state index contributed by atoms with van der Waals surface area (Å²) in [7, 11) is 0. The van der Waals surface area contributed by atoms with Crippen molar-refractivity contribution in [2.24, 2.45) is 0 Å². The van der Waals surface area contributed by atoms with Crippen molar-refractivity contribution in [1.82, 2.24) is 0 Å². The molecule has 0 saturated carbocycles. The molecule has 0 atom stereocenters. The summed E-state index contributed by atoms with van der Waals surface area (Å²) < 4.78 is 0.998. The van der Waals surface area contributed by atoms with Crippen LogP contribution >= 0.6 is 24.4 Å². The maximum atomic E-state index is 8.66. The lowest BCUT2D eigenvalue weighted by Crippen LogP contribution is -1.85. The highest BCUT2D eigenvalue weighted by atomic mass is 32.2. The van der Waals surface area contributed by atoms with Gasteiger partial charge in [-0.15, -0.1) is 24.4 Å². The first-order valence-corrected chi connectivity index (χ1v) is 7.88. The number of benzene rings is 2. The van der Waals surface area contributed by atoms with Gasteiger partial charge in [-0.05, 0) is 22.3 Å². The van der Waals surface area contributed by atoms with E-state index in [0.717, 1.165) is 9.99 Å². The monoisotopic (exact) mass is 295 g/mol. The van der Waals surface area contributed by atoms with Crippen LogP contribution in [0, 0.1) is 11.3 Å². The number of hydrogen-bond donors (Lipinski definition) is 1. The van der Waals surface area contributed by atoms with Crippen molar-refractivity contribution in [2.75, 3.05) is 5.75 Å². The van der Waals surface area contributed by atoms with Crippen LogP contribution in [-0.2, 0) is 0 Å². The maximum Gasteiger partial charge on any atom is 0.0630 e. The molecule has 0 aliphatic heterocycles. The van der Waals surface area contributed by atoms with Crippen LogP contribution in [0.2, 0.25) is 0 Å².